The average Bonchev–Trinajstić information content (AvgIpc) is 2.91. The summed E-state index contributed by atoms with van der Waals surface area (Å²) in [5, 5.41) is 11.1. The molecular formula is C20H28N4O. The lowest BCUT2D eigenvalue weighted by molar-refractivity contribution is -0.117. The van der Waals surface area contributed by atoms with E-state index in [1.165, 1.54) is 12.8 Å². The lowest BCUT2D eigenvalue weighted by atomic mass is 9.84. The molecule has 0 aliphatic carbocycles. The summed E-state index contributed by atoms with van der Waals surface area (Å²) >= 11 is 0. The minimum Gasteiger partial charge on any atom is -0.323 e. The molecule has 0 saturated carbocycles. The molecule has 3 rings (SSSR count). The van der Waals surface area contributed by atoms with Gasteiger partial charge < -0.3 is 10.6 Å². The fraction of sp³-hybridized carbons (Fsp3) is 0.500. The molecule has 1 unspecified atom stereocenters. The summed E-state index contributed by atoms with van der Waals surface area (Å²) in [6, 6.07) is 10.0. The summed E-state index contributed by atoms with van der Waals surface area (Å²) in [6.07, 6.45) is 2.90. The maximum atomic E-state index is 12.6. The van der Waals surface area contributed by atoms with Gasteiger partial charge in [-0.3, -0.25) is 4.79 Å². The quantitative estimate of drug-likeness (QED) is 0.876. The molecule has 1 saturated heterocycles. The van der Waals surface area contributed by atoms with Gasteiger partial charge in [-0.05, 0) is 63.7 Å². The highest BCUT2D eigenvalue weighted by molar-refractivity contribution is 5.92. The average molecular weight is 340 g/mol. The highest BCUT2D eigenvalue weighted by atomic mass is 16.1. The molecule has 5 nitrogen and oxygen atoms in total. The number of carbonyl (C=O) groups is 1. The third-order valence-corrected chi connectivity index (χ3v) is 5.25. The normalized spacial score (nSPS) is 16.6. The standard InChI is InChI=1S/C20H28N4O/c1-14(17-9-11-21-12-10-17)13-19(25)22-20-15(2)23-24(16(20)3)18-7-5-4-6-8-18/h4-8,14,17,21H,9-13H2,1-3H3,(H,22,25). The van der Waals surface area contributed by atoms with Crippen molar-refractivity contribution in [2.24, 2.45) is 11.8 Å². The Hall–Kier alpha value is -2.14. The van der Waals surface area contributed by atoms with Crippen molar-refractivity contribution < 1.29 is 4.79 Å². The van der Waals surface area contributed by atoms with Crippen molar-refractivity contribution in [3.63, 3.8) is 0 Å². The van der Waals surface area contributed by atoms with E-state index in [9.17, 15) is 4.79 Å². The Bertz CT molecular complexity index is 717. The molecule has 2 N–H and O–H groups in total. The van der Waals surface area contributed by atoms with Crippen LogP contribution in [0.15, 0.2) is 30.3 Å². The second kappa shape index (κ2) is 7.83. The Kier molecular flexibility index (Phi) is 5.53. The Morgan fingerprint density at radius 2 is 1.96 bits per heavy atom. The monoisotopic (exact) mass is 340 g/mol. The van der Waals surface area contributed by atoms with Crippen molar-refractivity contribution in [2.45, 2.75) is 40.0 Å². The van der Waals surface area contributed by atoms with Crippen LogP contribution in [0.2, 0.25) is 0 Å². The second-order valence-corrected chi connectivity index (χ2v) is 7.11. The molecular weight excluding hydrogens is 312 g/mol. The van der Waals surface area contributed by atoms with E-state index in [-0.39, 0.29) is 5.91 Å². The SMILES string of the molecule is Cc1nn(-c2ccccc2)c(C)c1NC(=O)CC(C)C1CCNCC1. The molecule has 2 aromatic rings. The lowest BCUT2D eigenvalue weighted by Gasteiger charge is -2.27. The Labute approximate surface area is 149 Å². The molecule has 2 heterocycles. The molecule has 1 fully saturated rings. The summed E-state index contributed by atoms with van der Waals surface area (Å²) < 4.78 is 1.89. The zero-order chi connectivity index (χ0) is 17.8. The molecule has 0 spiro atoms. The van der Waals surface area contributed by atoms with E-state index < -0.39 is 0 Å². The summed E-state index contributed by atoms with van der Waals surface area (Å²) in [6.45, 7) is 8.27. The van der Waals surface area contributed by atoms with Crippen LogP contribution in [-0.2, 0) is 4.79 Å². The van der Waals surface area contributed by atoms with Crippen LogP contribution < -0.4 is 10.6 Å². The van der Waals surface area contributed by atoms with Crippen molar-refractivity contribution in [2.75, 3.05) is 18.4 Å². The van der Waals surface area contributed by atoms with Crippen molar-refractivity contribution in [1.82, 2.24) is 15.1 Å². The molecule has 1 aromatic carbocycles. The number of para-hydroxylation sites is 1. The summed E-state index contributed by atoms with van der Waals surface area (Å²) in [5.41, 5.74) is 3.66. The number of hydrogen-bond donors (Lipinski definition) is 2. The molecule has 134 valence electrons. The van der Waals surface area contributed by atoms with Crippen molar-refractivity contribution >= 4 is 11.6 Å². The first-order valence-electron chi connectivity index (χ1n) is 9.18. The van der Waals surface area contributed by atoms with Crippen LogP contribution in [0.5, 0.6) is 0 Å². The Morgan fingerprint density at radius 1 is 1.28 bits per heavy atom. The van der Waals surface area contributed by atoms with Gasteiger partial charge in [0.2, 0.25) is 5.91 Å². The van der Waals surface area contributed by atoms with Gasteiger partial charge in [0, 0.05) is 6.42 Å². The van der Waals surface area contributed by atoms with Gasteiger partial charge >= 0.3 is 0 Å². The van der Waals surface area contributed by atoms with Crippen molar-refractivity contribution in [1.29, 1.82) is 0 Å². The largest absolute Gasteiger partial charge is 0.323 e. The zero-order valence-electron chi connectivity index (χ0n) is 15.4. The highest BCUT2D eigenvalue weighted by Crippen LogP contribution is 2.26. The number of nitrogens with one attached hydrogen (secondary N) is 2. The first kappa shape index (κ1) is 17.7. The molecule has 0 radical (unpaired) electrons. The molecule has 25 heavy (non-hydrogen) atoms. The van der Waals surface area contributed by atoms with Crippen LogP contribution in [0, 0.1) is 25.7 Å². The molecule has 0 bridgehead atoms. The van der Waals surface area contributed by atoms with Gasteiger partial charge in [0.15, 0.2) is 0 Å². The summed E-state index contributed by atoms with van der Waals surface area (Å²) in [7, 11) is 0. The minimum atomic E-state index is 0.0878. The third-order valence-electron chi connectivity index (χ3n) is 5.25. The topological polar surface area (TPSA) is 59.0 Å². The highest BCUT2D eigenvalue weighted by Gasteiger charge is 2.23. The fourth-order valence-electron chi connectivity index (χ4n) is 3.71. The van der Waals surface area contributed by atoms with Crippen LogP contribution in [0.25, 0.3) is 5.69 Å². The number of hydrogen-bond acceptors (Lipinski definition) is 3. The molecule has 1 aromatic heterocycles. The molecule has 1 aliphatic heterocycles. The van der Waals surface area contributed by atoms with Crippen LogP contribution >= 0.6 is 0 Å². The molecule has 5 heteroatoms. The number of piperidine rings is 1. The first-order chi connectivity index (χ1) is 12.1. The number of rotatable bonds is 5. The number of anilines is 1. The van der Waals surface area contributed by atoms with Crippen molar-refractivity contribution in [3.05, 3.63) is 41.7 Å². The van der Waals surface area contributed by atoms with Gasteiger partial charge in [0.1, 0.15) is 0 Å². The van der Waals surface area contributed by atoms with E-state index in [0.29, 0.717) is 18.3 Å². The molecule has 1 aliphatic rings. The van der Waals surface area contributed by atoms with Gasteiger partial charge in [0.05, 0.1) is 22.8 Å². The first-order valence-corrected chi connectivity index (χ1v) is 9.18. The Morgan fingerprint density at radius 3 is 2.64 bits per heavy atom. The number of aromatic nitrogens is 2. The van der Waals surface area contributed by atoms with E-state index in [0.717, 1.165) is 35.9 Å². The third kappa shape index (κ3) is 4.10. The predicted octanol–water partition coefficient (Wildman–Crippen LogP) is 3.45. The number of amides is 1. The Balaban J connectivity index is 1.68. The zero-order valence-corrected chi connectivity index (χ0v) is 15.4. The lowest BCUT2D eigenvalue weighted by Crippen LogP contribution is -2.32. The minimum absolute atomic E-state index is 0.0878. The predicted molar refractivity (Wildman–Crippen MR) is 101 cm³/mol. The van der Waals surface area contributed by atoms with Crippen LogP contribution in [0.3, 0.4) is 0 Å². The van der Waals surface area contributed by atoms with E-state index in [1.807, 2.05) is 48.9 Å². The van der Waals surface area contributed by atoms with Crippen LogP contribution in [0.4, 0.5) is 5.69 Å². The summed E-state index contributed by atoms with van der Waals surface area (Å²) in [5.74, 6) is 1.14. The van der Waals surface area contributed by atoms with E-state index in [1.54, 1.807) is 0 Å². The summed E-state index contributed by atoms with van der Waals surface area (Å²) in [4.78, 5) is 12.6. The van der Waals surface area contributed by atoms with E-state index >= 15 is 0 Å². The van der Waals surface area contributed by atoms with Gasteiger partial charge in [0.25, 0.3) is 0 Å². The molecule has 1 amide bonds. The number of aryl methyl sites for hydroxylation is 1. The number of nitrogens with zero attached hydrogens (tertiary/aromatic N) is 2. The second-order valence-electron chi connectivity index (χ2n) is 7.11. The van der Waals surface area contributed by atoms with Gasteiger partial charge in [-0.1, -0.05) is 25.1 Å². The maximum absolute atomic E-state index is 12.6. The van der Waals surface area contributed by atoms with Crippen LogP contribution in [0.1, 0.15) is 37.6 Å². The van der Waals surface area contributed by atoms with Crippen molar-refractivity contribution in [3.8, 4) is 5.69 Å². The smallest absolute Gasteiger partial charge is 0.224 e. The number of carbonyl (C=O) groups excluding carboxylic acids is 1. The van der Waals surface area contributed by atoms with Crippen LogP contribution in [-0.4, -0.2) is 28.8 Å². The number of benzene rings is 1. The maximum Gasteiger partial charge on any atom is 0.224 e. The van der Waals surface area contributed by atoms with Gasteiger partial charge in [-0.15, -0.1) is 0 Å². The molecule has 1 atom stereocenters. The van der Waals surface area contributed by atoms with Gasteiger partial charge in [-0.25, -0.2) is 4.68 Å². The van der Waals surface area contributed by atoms with Gasteiger partial charge in [-0.2, -0.15) is 5.10 Å². The fourth-order valence-corrected chi connectivity index (χ4v) is 3.71. The van der Waals surface area contributed by atoms with E-state index in [2.05, 4.69) is 22.7 Å². The van der Waals surface area contributed by atoms with E-state index in [4.69, 9.17) is 0 Å².